The molecule has 0 N–H and O–H groups in total. The SMILES string of the molecule is COc1ccc2c(-c3nccc(C#N)c3N3CCC(F)(c4nncn4C)CC3)cnn2n1. The lowest BCUT2D eigenvalue weighted by atomic mass is 9.91. The third-order valence-corrected chi connectivity index (χ3v) is 5.86. The zero-order valence-electron chi connectivity index (χ0n) is 17.6. The quantitative estimate of drug-likeness (QED) is 0.482. The van der Waals surface area contributed by atoms with Crippen LogP contribution in [0, 0.1) is 11.3 Å². The number of halogens is 1. The molecule has 0 bridgehead atoms. The molecule has 0 aromatic carbocycles. The van der Waals surface area contributed by atoms with Crippen LogP contribution in [0.25, 0.3) is 16.8 Å². The molecule has 1 aliphatic rings. The Morgan fingerprint density at radius 1 is 1.22 bits per heavy atom. The van der Waals surface area contributed by atoms with E-state index in [0.29, 0.717) is 41.7 Å². The average molecular weight is 433 g/mol. The summed E-state index contributed by atoms with van der Waals surface area (Å²) in [5, 5.41) is 26.2. The number of pyridine rings is 1. The molecular weight excluding hydrogens is 413 g/mol. The molecule has 162 valence electrons. The van der Waals surface area contributed by atoms with Crippen LogP contribution in [0.4, 0.5) is 10.1 Å². The fourth-order valence-electron chi connectivity index (χ4n) is 4.21. The molecule has 11 heteroatoms. The molecule has 1 aliphatic heterocycles. The first-order valence-corrected chi connectivity index (χ1v) is 10.1. The standard InChI is InChI=1S/C21H20FN9O/c1-29-13-25-27-20(29)21(22)6-9-30(10-7-21)19-14(11-23)5-8-24-18(19)15-12-26-31-16(15)3-4-17(28-31)32-2/h3-5,8,12-13H,6-7,9-10H2,1-2H3. The monoisotopic (exact) mass is 433 g/mol. The van der Waals surface area contributed by atoms with E-state index in [1.54, 1.807) is 36.1 Å². The van der Waals surface area contributed by atoms with Gasteiger partial charge >= 0.3 is 0 Å². The van der Waals surface area contributed by atoms with Crippen LogP contribution < -0.4 is 9.64 Å². The van der Waals surface area contributed by atoms with Crippen LogP contribution in [0.15, 0.2) is 36.9 Å². The molecule has 0 radical (unpaired) electrons. The zero-order valence-corrected chi connectivity index (χ0v) is 17.6. The second kappa shape index (κ2) is 7.56. The Labute approximate surface area is 182 Å². The molecule has 4 aromatic rings. The van der Waals surface area contributed by atoms with Gasteiger partial charge in [-0.3, -0.25) is 4.98 Å². The maximum absolute atomic E-state index is 15.7. The van der Waals surface area contributed by atoms with Crippen molar-refractivity contribution in [2.45, 2.75) is 18.5 Å². The molecule has 0 aliphatic carbocycles. The van der Waals surface area contributed by atoms with Gasteiger partial charge in [0.25, 0.3) is 0 Å². The topological polar surface area (TPSA) is 110 Å². The second-order valence-electron chi connectivity index (χ2n) is 7.69. The van der Waals surface area contributed by atoms with Crippen LogP contribution >= 0.6 is 0 Å². The highest BCUT2D eigenvalue weighted by atomic mass is 19.1. The van der Waals surface area contributed by atoms with Crippen LogP contribution in [0.2, 0.25) is 0 Å². The van der Waals surface area contributed by atoms with E-state index >= 15 is 4.39 Å². The number of aromatic nitrogens is 7. The number of piperidine rings is 1. The number of hydrogen-bond donors (Lipinski definition) is 0. The van der Waals surface area contributed by atoms with Crippen molar-refractivity contribution >= 4 is 11.2 Å². The van der Waals surface area contributed by atoms with Crippen molar-refractivity contribution in [3.63, 3.8) is 0 Å². The van der Waals surface area contributed by atoms with Crippen LogP contribution in [-0.4, -0.2) is 54.8 Å². The number of aryl methyl sites for hydroxylation is 1. The van der Waals surface area contributed by atoms with E-state index in [-0.39, 0.29) is 12.8 Å². The van der Waals surface area contributed by atoms with Gasteiger partial charge in [0.15, 0.2) is 11.5 Å². The van der Waals surface area contributed by atoms with E-state index in [1.807, 2.05) is 11.0 Å². The van der Waals surface area contributed by atoms with Crippen molar-refractivity contribution in [2.24, 2.45) is 7.05 Å². The molecule has 0 unspecified atom stereocenters. The Morgan fingerprint density at radius 3 is 2.72 bits per heavy atom. The Morgan fingerprint density at radius 2 is 2.03 bits per heavy atom. The molecule has 0 spiro atoms. The number of methoxy groups -OCH3 is 1. The summed E-state index contributed by atoms with van der Waals surface area (Å²) in [4.78, 5) is 6.58. The van der Waals surface area contributed by atoms with Crippen molar-refractivity contribution in [2.75, 3.05) is 25.1 Å². The minimum absolute atomic E-state index is 0.228. The summed E-state index contributed by atoms with van der Waals surface area (Å²) in [6, 6.07) is 7.51. The lowest BCUT2D eigenvalue weighted by Crippen LogP contribution is -2.42. The summed E-state index contributed by atoms with van der Waals surface area (Å²) < 4.78 is 23.9. The number of nitriles is 1. The van der Waals surface area contributed by atoms with Crippen LogP contribution in [0.5, 0.6) is 5.88 Å². The predicted octanol–water partition coefficient (Wildman–Crippen LogP) is 2.27. The first kappa shape index (κ1) is 19.9. The summed E-state index contributed by atoms with van der Waals surface area (Å²) in [6.45, 7) is 0.810. The number of alkyl halides is 1. The highest BCUT2D eigenvalue weighted by molar-refractivity contribution is 5.87. The molecule has 1 saturated heterocycles. The number of fused-ring (bicyclic) bond motifs is 1. The first-order valence-electron chi connectivity index (χ1n) is 10.1. The number of ether oxygens (including phenoxy) is 1. The van der Waals surface area contributed by atoms with Gasteiger partial charge in [-0.2, -0.15) is 10.4 Å². The molecule has 4 aromatic heterocycles. The number of hydrogen-bond acceptors (Lipinski definition) is 8. The summed E-state index contributed by atoms with van der Waals surface area (Å²) in [5.41, 5.74) is 1.64. The summed E-state index contributed by atoms with van der Waals surface area (Å²) in [7, 11) is 3.28. The third kappa shape index (κ3) is 3.11. The zero-order chi connectivity index (χ0) is 22.3. The Hall–Kier alpha value is -4.07. The van der Waals surface area contributed by atoms with Crippen molar-refractivity contribution < 1.29 is 9.13 Å². The minimum atomic E-state index is -1.57. The summed E-state index contributed by atoms with van der Waals surface area (Å²) in [5.74, 6) is 0.761. The summed E-state index contributed by atoms with van der Waals surface area (Å²) in [6.07, 6.45) is 5.22. The smallest absolute Gasteiger partial charge is 0.233 e. The van der Waals surface area contributed by atoms with Crippen molar-refractivity contribution in [1.29, 1.82) is 5.26 Å². The average Bonchev–Trinajstić information content (AvgIpc) is 3.45. The highest BCUT2D eigenvalue weighted by Gasteiger charge is 2.41. The molecule has 1 fully saturated rings. The predicted molar refractivity (Wildman–Crippen MR) is 113 cm³/mol. The van der Waals surface area contributed by atoms with E-state index in [2.05, 4.69) is 31.4 Å². The summed E-state index contributed by atoms with van der Waals surface area (Å²) >= 11 is 0. The van der Waals surface area contributed by atoms with Crippen LogP contribution in [0.1, 0.15) is 24.2 Å². The van der Waals surface area contributed by atoms with E-state index < -0.39 is 5.67 Å². The van der Waals surface area contributed by atoms with E-state index in [1.165, 1.54) is 18.1 Å². The van der Waals surface area contributed by atoms with Gasteiger partial charge in [-0.25, -0.2) is 4.39 Å². The van der Waals surface area contributed by atoms with Crippen molar-refractivity contribution in [3.05, 3.63) is 48.3 Å². The van der Waals surface area contributed by atoms with Gasteiger partial charge in [-0.1, -0.05) is 0 Å². The Kier molecular flexibility index (Phi) is 4.70. The van der Waals surface area contributed by atoms with Crippen molar-refractivity contribution in [1.82, 2.24) is 34.6 Å². The van der Waals surface area contributed by atoms with Crippen LogP contribution in [0.3, 0.4) is 0 Å². The molecule has 5 heterocycles. The maximum atomic E-state index is 15.7. The van der Waals surface area contributed by atoms with Crippen LogP contribution in [-0.2, 0) is 12.7 Å². The second-order valence-corrected chi connectivity index (χ2v) is 7.69. The molecule has 0 atom stereocenters. The molecule has 0 saturated carbocycles. The number of nitrogens with zero attached hydrogens (tertiary/aromatic N) is 9. The van der Waals surface area contributed by atoms with Gasteiger partial charge < -0.3 is 14.2 Å². The highest BCUT2D eigenvalue weighted by Crippen LogP contribution is 2.40. The lowest BCUT2D eigenvalue weighted by Gasteiger charge is -2.37. The number of rotatable bonds is 4. The van der Waals surface area contributed by atoms with E-state index in [0.717, 1.165) is 11.1 Å². The molecule has 5 rings (SSSR count). The first-order chi connectivity index (χ1) is 15.5. The van der Waals surface area contributed by atoms with Gasteiger partial charge in [0.2, 0.25) is 5.88 Å². The number of anilines is 1. The fraction of sp³-hybridized carbons (Fsp3) is 0.333. The largest absolute Gasteiger partial charge is 0.480 e. The lowest BCUT2D eigenvalue weighted by molar-refractivity contribution is 0.109. The van der Waals surface area contributed by atoms with E-state index in [4.69, 9.17) is 4.74 Å². The van der Waals surface area contributed by atoms with Gasteiger partial charge in [0.1, 0.15) is 12.4 Å². The fourth-order valence-corrected chi connectivity index (χ4v) is 4.21. The van der Waals surface area contributed by atoms with Gasteiger partial charge in [0.05, 0.1) is 41.3 Å². The molecule has 32 heavy (non-hydrogen) atoms. The molecular formula is C21H20FN9O. The van der Waals surface area contributed by atoms with Crippen molar-refractivity contribution in [3.8, 4) is 23.2 Å². The van der Waals surface area contributed by atoms with E-state index in [9.17, 15) is 5.26 Å². The van der Waals surface area contributed by atoms with Gasteiger partial charge in [0, 0.05) is 45.2 Å². The molecule has 10 nitrogen and oxygen atoms in total. The Balaban J connectivity index is 1.54. The normalized spacial score (nSPS) is 15.6. The third-order valence-electron chi connectivity index (χ3n) is 5.86. The molecule has 0 amide bonds. The Bertz CT molecular complexity index is 1330. The van der Waals surface area contributed by atoms with Gasteiger partial charge in [-0.05, 0) is 12.1 Å². The minimum Gasteiger partial charge on any atom is -0.480 e. The van der Waals surface area contributed by atoms with Gasteiger partial charge in [-0.15, -0.1) is 19.9 Å². The maximum Gasteiger partial charge on any atom is 0.233 e.